The molecule has 4 heteroatoms. The molecule has 0 saturated heterocycles. The number of carbonyl (C=O) groups is 1. The maximum absolute atomic E-state index is 11.0. The molecular weight excluding hydrogens is 176 g/mol. The Morgan fingerprint density at radius 2 is 1.92 bits per heavy atom. The van der Waals surface area contributed by atoms with Gasteiger partial charge in [-0.15, -0.1) is 0 Å². The number of Topliss-reactive ketones (excluding diaryl/α,β-unsaturated/α-hetero) is 1. The normalized spacial score (nSPS) is 9.83. The summed E-state index contributed by atoms with van der Waals surface area (Å²) < 4.78 is 0. The lowest BCUT2D eigenvalue weighted by atomic mass is 10.1. The number of carbonyl (C=O) groups excluding carboxylic acids is 1. The molecule has 0 unspecified atom stereocenters. The first-order valence-electron chi connectivity index (χ1n) is 3.38. The number of ketones is 1. The van der Waals surface area contributed by atoms with Gasteiger partial charge in [0, 0.05) is 11.3 Å². The zero-order valence-electron chi connectivity index (χ0n) is 6.60. The summed E-state index contributed by atoms with van der Waals surface area (Å²) >= 11 is 5.67. The Morgan fingerprint density at radius 3 is 2.42 bits per heavy atom. The Bertz CT molecular complexity index is 336. The molecule has 3 nitrogen and oxygen atoms in total. The molecule has 0 saturated carbocycles. The Morgan fingerprint density at radius 1 is 1.33 bits per heavy atom. The molecule has 1 rings (SSSR count). The average molecular weight is 185 g/mol. The topological polar surface area (TPSA) is 69.1 Å². The zero-order valence-corrected chi connectivity index (χ0v) is 7.35. The molecule has 0 radical (unpaired) electrons. The fourth-order valence-corrected chi connectivity index (χ4v) is 1.08. The van der Waals surface area contributed by atoms with Crippen molar-refractivity contribution in [2.24, 2.45) is 0 Å². The van der Waals surface area contributed by atoms with E-state index in [9.17, 15) is 4.79 Å². The molecule has 4 N–H and O–H groups in total. The summed E-state index contributed by atoms with van der Waals surface area (Å²) in [7, 11) is 0. The van der Waals surface area contributed by atoms with E-state index in [1.54, 1.807) is 0 Å². The van der Waals surface area contributed by atoms with Gasteiger partial charge in [0.15, 0.2) is 5.78 Å². The van der Waals surface area contributed by atoms with E-state index in [-0.39, 0.29) is 5.78 Å². The van der Waals surface area contributed by atoms with Crippen molar-refractivity contribution in [1.29, 1.82) is 0 Å². The highest BCUT2D eigenvalue weighted by molar-refractivity contribution is 6.33. The van der Waals surface area contributed by atoms with Gasteiger partial charge < -0.3 is 11.5 Å². The van der Waals surface area contributed by atoms with Crippen molar-refractivity contribution >= 4 is 28.8 Å². The highest BCUT2D eigenvalue weighted by Crippen LogP contribution is 2.25. The third-order valence-electron chi connectivity index (χ3n) is 1.55. The van der Waals surface area contributed by atoms with Crippen LogP contribution in [0.3, 0.4) is 0 Å². The fourth-order valence-electron chi connectivity index (χ4n) is 0.910. The van der Waals surface area contributed by atoms with E-state index in [4.69, 9.17) is 23.1 Å². The van der Waals surface area contributed by atoms with E-state index in [0.717, 1.165) is 0 Å². The van der Waals surface area contributed by atoms with Crippen LogP contribution in [-0.4, -0.2) is 5.78 Å². The molecule has 12 heavy (non-hydrogen) atoms. The molecule has 1 aromatic carbocycles. The van der Waals surface area contributed by atoms with Crippen molar-refractivity contribution < 1.29 is 4.79 Å². The molecule has 0 aliphatic rings. The van der Waals surface area contributed by atoms with Crippen LogP contribution in [0.1, 0.15) is 17.3 Å². The molecule has 0 amide bonds. The highest BCUT2D eigenvalue weighted by Gasteiger charge is 2.07. The lowest BCUT2D eigenvalue weighted by molar-refractivity contribution is 0.101. The Kier molecular flexibility index (Phi) is 2.24. The van der Waals surface area contributed by atoms with Gasteiger partial charge in [-0.3, -0.25) is 4.79 Å². The molecule has 0 aliphatic heterocycles. The second-order valence-electron chi connectivity index (χ2n) is 2.52. The predicted octanol–water partition coefficient (Wildman–Crippen LogP) is 1.71. The SMILES string of the molecule is CC(=O)c1cc(N)c(Cl)cc1N. The monoisotopic (exact) mass is 184 g/mol. The van der Waals surface area contributed by atoms with Gasteiger partial charge in [0.2, 0.25) is 0 Å². The van der Waals surface area contributed by atoms with E-state index < -0.39 is 0 Å². The molecule has 0 aromatic heterocycles. The first kappa shape index (κ1) is 8.87. The Hall–Kier alpha value is -1.22. The molecular formula is C8H9ClN2O. The second kappa shape index (κ2) is 3.03. The quantitative estimate of drug-likeness (QED) is 0.516. The minimum atomic E-state index is -0.115. The van der Waals surface area contributed by atoms with E-state index in [2.05, 4.69) is 0 Å². The van der Waals surface area contributed by atoms with Gasteiger partial charge in [-0.1, -0.05) is 11.6 Å². The molecule has 0 heterocycles. The Balaban J connectivity index is 3.33. The molecule has 0 fully saturated rings. The fraction of sp³-hybridized carbons (Fsp3) is 0.125. The van der Waals surface area contributed by atoms with E-state index in [0.29, 0.717) is 22.0 Å². The van der Waals surface area contributed by atoms with Crippen LogP contribution in [0.15, 0.2) is 12.1 Å². The van der Waals surface area contributed by atoms with Crippen LogP contribution in [0.2, 0.25) is 5.02 Å². The Labute approximate surface area is 75.3 Å². The summed E-state index contributed by atoms with van der Waals surface area (Å²) in [6, 6.07) is 2.97. The van der Waals surface area contributed by atoms with E-state index >= 15 is 0 Å². The van der Waals surface area contributed by atoms with Crippen molar-refractivity contribution in [3.63, 3.8) is 0 Å². The van der Waals surface area contributed by atoms with Gasteiger partial charge in [0.1, 0.15) is 0 Å². The molecule has 0 bridgehead atoms. The van der Waals surface area contributed by atoms with E-state index in [1.165, 1.54) is 19.1 Å². The second-order valence-corrected chi connectivity index (χ2v) is 2.92. The van der Waals surface area contributed by atoms with Crippen LogP contribution in [-0.2, 0) is 0 Å². The number of anilines is 2. The predicted molar refractivity (Wildman–Crippen MR) is 50.3 cm³/mol. The number of nitrogens with two attached hydrogens (primary N) is 2. The van der Waals surface area contributed by atoms with Crippen molar-refractivity contribution in [2.45, 2.75) is 6.92 Å². The lowest BCUT2D eigenvalue weighted by Gasteiger charge is -2.04. The number of benzene rings is 1. The van der Waals surface area contributed by atoms with Gasteiger partial charge in [0.05, 0.1) is 10.7 Å². The van der Waals surface area contributed by atoms with Gasteiger partial charge in [0.25, 0.3) is 0 Å². The van der Waals surface area contributed by atoms with Gasteiger partial charge in [-0.25, -0.2) is 0 Å². The van der Waals surface area contributed by atoms with Crippen molar-refractivity contribution in [2.75, 3.05) is 11.5 Å². The number of rotatable bonds is 1. The average Bonchev–Trinajstić information content (AvgIpc) is 1.96. The number of nitrogen functional groups attached to an aromatic ring is 2. The molecule has 0 atom stereocenters. The maximum atomic E-state index is 11.0. The third-order valence-corrected chi connectivity index (χ3v) is 1.88. The van der Waals surface area contributed by atoms with Gasteiger partial charge in [-0.05, 0) is 19.1 Å². The maximum Gasteiger partial charge on any atom is 0.161 e. The minimum Gasteiger partial charge on any atom is -0.398 e. The van der Waals surface area contributed by atoms with Crippen LogP contribution in [0.5, 0.6) is 0 Å². The van der Waals surface area contributed by atoms with Crippen molar-refractivity contribution in [3.05, 3.63) is 22.7 Å². The largest absolute Gasteiger partial charge is 0.398 e. The van der Waals surface area contributed by atoms with Crippen LogP contribution in [0.25, 0.3) is 0 Å². The smallest absolute Gasteiger partial charge is 0.161 e. The first-order valence-corrected chi connectivity index (χ1v) is 3.75. The number of halogens is 1. The van der Waals surface area contributed by atoms with Crippen LogP contribution in [0.4, 0.5) is 11.4 Å². The summed E-state index contributed by atoms with van der Waals surface area (Å²) in [5.74, 6) is -0.115. The van der Waals surface area contributed by atoms with Crippen molar-refractivity contribution in [3.8, 4) is 0 Å². The summed E-state index contributed by atoms with van der Waals surface area (Å²) in [5, 5.41) is 0.373. The molecule has 64 valence electrons. The van der Waals surface area contributed by atoms with Crippen molar-refractivity contribution in [1.82, 2.24) is 0 Å². The number of hydrogen-bond acceptors (Lipinski definition) is 3. The molecule has 1 aromatic rings. The summed E-state index contributed by atoms with van der Waals surface area (Å²) in [6.07, 6.45) is 0. The standard InChI is InChI=1S/C8H9ClN2O/c1-4(12)5-2-8(11)6(9)3-7(5)10/h2-3H,10-11H2,1H3. The molecule has 0 spiro atoms. The lowest BCUT2D eigenvalue weighted by Crippen LogP contribution is -2.01. The summed E-state index contributed by atoms with van der Waals surface area (Å²) in [6.45, 7) is 1.43. The molecule has 0 aliphatic carbocycles. The van der Waals surface area contributed by atoms with Gasteiger partial charge in [-0.2, -0.15) is 0 Å². The van der Waals surface area contributed by atoms with Crippen LogP contribution in [0, 0.1) is 0 Å². The number of hydrogen-bond donors (Lipinski definition) is 2. The first-order chi connectivity index (χ1) is 5.52. The van der Waals surface area contributed by atoms with Crippen LogP contribution < -0.4 is 11.5 Å². The van der Waals surface area contributed by atoms with Gasteiger partial charge >= 0.3 is 0 Å². The minimum absolute atomic E-state index is 0.115. The zero-order chi connectivity index (χ0) is 9.30. The van der Waals surface area contributed by atoms with Crippen LogP contribution >= 0.6 is 11.6 Å². The van der Waals surface area contributed by atoms with E-state index in [1.807, 2.05) is 0 Å². The third kappa shape index (κ3) is 1.51. The summed E-state index contributed by atoms with van der Waals surface area (Å²) in [5.41, 5.74) is 12.2. The summed E-state index contributed by atoms with van der Waals surface area (Å²) in [4.78, 5) is 11.0. The highest BCUT2D eigenvalue weighted by atomic mass is 35.5.